The highest BCUT2D eigenvalue weighted by atomic mass is 32.2. The lowest BCUT2D eigenvalue weighted by Crippen LogP contribution is -2.14. The van der Waals surface area contributed by atoms with Crippen molar-refractivity contribution in [1.82, 2.24) is 19.7 Å². The average molecular weight is 432 g/mol. The van der Waals surface area contributed by atoms with Gasteiger partial charge in [-0.3, -0.25) is 14.9 Å². The Balaban J connectivity index is 1.32. The van der Waals surface area contributed by atoms with E-state index in [1.807, 2.05) is 47.2 Å². The molecule has 1 N–H and O–H groups in total. The number of hydrogen-bond acceptors (Lipinski definition) is 7. The molecule has 0 aliphatic carbocycles. The van der Waals surface area contributed by atoms with E-state index in [1.165, 1.54) is 36.0 Å². The van der Waals surface area contributed by atoms with Crippen molar-refractivity contribution in [2.45, 2.75) is 5.03 Å². The maximum atomic E-state index is 12.1. The van der Waals surface area contributed by atoms with Gasteiger partial charge in [-0.05, 0) is 36.4 Å². The highest BCUT2D eigenvalue weighted by Gasteiger charge is 2.08. The van der Waals surface area contributed by atoms with Crippen molar-refractivity contribution in [1.29, 1.82) is 0 Å². The second-order valence-corrected chi connectivity index (χ2v) is 7.41. The number of anilines is 1. The van der Waals surface area contributed by atoms with Gasteiger partial charge >= 0.3 is 0 Å². The zero-order chi connectivity index (χ0) is 21.6. The fraction of sp³-hybridized carbons (Fsp3) is 0.0476. The quantitative estimate of drug-likeness (QED) is 0.267. The van der Waals surface area contributed by atoms with Gasteiger partial charge in [0.2, 0.25) is 5.91 Å². The lowest BCUT2D eigenvalue weighted by atomic mass is 10.1. The first-order valence-electron chi connectivity index (χ1n) is 9.18. The summed E-state index contributed by atoms with van der Waals surface area (Å²) < 4.78 is 1.91. The van der Waals surface area contributed by atoms with Crippen molar-refractivity contribution in [3.63, 3.8) is 0 Å². The molecule has 0 spiro atoms. The summed E-state index contributed by atoms with van der Waals surface area (Å²) >= 11 is 1.26. The van der Waals surface area contributed by atoms with Crippen molar-refractivity contribution in [2.24, 2.45) is 0 Å². The Kier molecular flexibility index (Phi) is 5.99. The molecular formula is C21H16N6O3S. The number of benzene rings is 2. The predicted octanol–water partition coefficient (Wildman–Crippen LogP) is 3.97. The first kappa shape index (κ1) is 20.2. The molecule has 2 aromatic heterocycles. The molecule has 0 aliphatic rings. The van der Waals surface area contributed by atoms with E-state index in [0.717, 1.165) is 16.9 Å². The van der Waals surface area contributed by atoms with Crippen molar-refractivity contribution >= 4 is 29.0 Å². The average Bonchev–Trinajstić information content (AvgIpc) is 3.34. The molecule has 0 saturated heterocycles. The minimum absolute atomic E-state index is 0.0286. The van der Waals surface area contributed by atoms with Gasteiger partial charge in [0.1, 0.15) is 5.03 Å². The molecule has 4 rings (SSSR count). The standard InChI is InChI=1S/C21H16N6O3S/c28-20(23-16-3-7-18(8-4-16)27(29)30)13-31-21-10-9-19(24-25-21)15-1-5-17(6-2-15)26-12-11-22-14-26/h1-12,14H,13H2,(H,23,28). The number of nitro groups is 1. The number of amides is 1. The summed E-state index contributed by atoms with van der Waals surface area (Å²) in [6, 6.07) is 17.2. The van der Waals surface area contributed by atoms with Gasteiger partial charge in [0, 0.05) is 41.5 Å². The lowest BCUT2D eigenvalue weighted by Gasteiger charge is -2.06. The summed E-state index contributed by atoms with van der Waals surface area (Å²) in [4.78, 5) is 26.3. The lowest BCUT2D eigenvalue weighted by molar-refractivity contribution is -0.384. The summed E-state index contributed by atoms with van der Waals surface area (Å²) in [6.07, 6.45) is 5.33. The second kappa shape index (κ2) is 9.18. The number of nitrogens with zero attached hydrogens (tertiary/aromatic N) is 5. The van der Waals surface area contributed by atoms with Crippen LogP contribution in [0.4, 0.5) is 11.4 Å². The molecule has 2 heterocycles. The first-order valence-corrected chi connectivity index (χ1v) is 10.2. The molecule has 0 bridgehead atoms. The summed E-state index contributed by atoms with van der Waals surface area (Å²) in [5.41, 5.74) is 3.14. The number of nitro benzene ring substituents is 1. The van der Waals surface area contributed by atoms with Crippen LogP contribution in [-0.2, 0) is 4.79 Å². The Morgan fingerprint density at radius 2 is 1.81 bits per heavy atom. The molecule has 31 heavy (non-hydrogen) atoms. The third-order valence-corrected chi connectivity index (χ3v) is 5.24. The minimum atomic E-state index is -0.488. The second-order valence-electron chi connectivity index (χ2n) is 6.41. The zero-order valence-corrected chi connectivity index (χ0v) is 16.9. The predicted molar refractivity (Wildman–Crippen MR) is 117 cm³/mol. The van der Waals surface area contributed by atoms with Gasteiger partial charge in [-0.2, -0.15) is 0 Å². The number of rotatable bonds is 7. The summed E-state index contributed by atoms with van der Waals surface area (Å²) in [7, 11) is 0. The van der Waals surface area contributed by atoms with E-state index in [1.54, 1.807) is 12.5 Å². The van der Waals surface area contributed by atoms with Gasteiger partial charge in [0.25, 0.3) is 5.69 Å². The van der Waals surface area contributed by atoms with E-state index in [0.29, 0.717) is 10.7 Å². The Hall–Kier alpha value is -4.05. The number of hydrogen-bond donors (Lipinski definition) is 1. The van der Waals surface area contributed by atoms with Crippen LogP contribution in [0.2, 0.25) is 0 Å². The molecule has 9 nitrogen and oxygen atoms in total. The molecule has 0 aliphatic heterocycles. The number of non-ortho nitro benzene ring substituents is 1. The largest absolute Gasteiger partial charge is 0.325 e. The van der Waals surface area contributed by atoms with Crippen LogP contribution in [-0.4, -0.2) is 36.3 Å². The van der Waals surface area contributed by atoms with Gasteiger partial charge in [-0.25, -0.2) is 4.98 Å². The third kappa shape index (κ3) is 5.11. The van der Waals surface area contributed by atoms with E-state index in [9.17, 15) is 14.9 Å². The van der Waals surface area contributed by atoms with Crippen LogP contribution >= 0.6 is 11.8 Å². The normalized spacial score (nSPS) is 10.6. The summed E-state index contributed by atoms with van der Waals surface area (Å²) in [6.45, 7) is 0. The number of imidazole rings is 1. The van der Waals surface area contributed by atoms with Gasteiger partial charge in [-0.1, -0.05) is 23.9 Å². The van der Waals surface area contributed by atoms with Crippen LogP contribution in [0, 0.1) is 10.1 Å². The molecule has 0 fully saturated rings. The van der Waals surface area contributed by atoms with E-state index in [4.69, 9.17) is 0 Å². The summed E-state index contributed by atoms with van der Waals surface area (Å²) in [5, 5.41) is 22.4. The number of nitrogens with one attached hydrogen (secondary N) is 1. The van der Waals surface area contributed by atoms with Crippen LogP contribution in [0.5, 0.6) is 0 Å². The van der Waals surface area contributed by atoms with Crippen molar-refractivity contribution < 1.29 is 9.72 Å². The van der Waals surface area contributed by atoms with Gasteiger partial charge in [-0.15, -0.1) is 10.2 Å². The number of aromatic nitrogens is 4. The fourth-order valence-corrected chi connectivity index (χ4v) is 3.38. The molecule has 0 radical (unpaired) electrons. The molecule has 10 heteroatoms. The summed E-state index contributed by atoms with van der Waals surface area (Å²) in [5.74, 6) is -0.0928. The molecule has 0 saturated carbocycles. The van der Waals surface area contributed by atoms with Gasteiger partial charge in [0.05, 0.1) is 22.7 Å². The number of carbonyl (C=O) groups excluding carboxylic acids is 1. The Labute approximate surface area is 181 Å². The smallest absolute Gasteiger partial charge is 0.269 e. The molecule has 1 amide bonds. The van der Waals surface area contributed by atoms with E-state index >= 15 is 0 Å². The zero-order valence-electron chi connectivity index (χ0n) is 16.1. The minimum Gasteiger partial charge on any atom is -0.325 e. The Morgan fingerprint density at radius 1 is 1.03 bits per heavy atom. The van der Waals surface area contributed by atoms with E-state index < -0.39 is 4.92 Å². The van der Waals surface area contributed by atoms with Crippen LogP contribution in [0.25, 0.3) is 16.9 Å². The Bertz CT molecular complexity index is 1180. The highest BCUT2D eigenvalue weighted by molar-refractivity contribution is 7.99. The monoisotopic (exact) mass is 432 g/mol. The Morgan fingerprint density at radius 3 is 2.42 bits per heavy atom. The van der Waals surface area contributed by atoms with Gasteiger partial charge in [0.15, 0.2) is 0 Å². The van der Waals surface area contributed by atoms with Gasteiger partial charge < -0.3 is 9.88 Å². The first-order chi connectivity index (χ1) is 15.1. The van der Waals surface area contributed by atoms with Crippen LogP contribution in [0.1, 0.15) is 0 Å². The van der Waals surface area contributed by atoms with Crippen molar-refractivity contribution in [2.75, 3.05) is 11.1 Å². The molecule has 0 atom stereocenters. The van der Waals surface area contributed by atoms with Crippen LogP contribution in [0.3, 0.4) is 0 Å². The maximum Gasteiger partial charge on any atom is 0.269 e. The SMILES string of the molecule is O=C(CSc1ccc(-c2ccc(-n3ccnc3)cc2)nn1)Nc1ccc([N+](=O)[O-])cc1. The molecule has 2 aromatic carbocycles. The number of carbonyl (C=O) groups is 1. The maximum absolute atomic E-state index is 12.1. The third-order valence-electron chi connectivity index (χ3n) is 4.32. The van der Waals surface area contributed by atoms with E-state index in [2.05, 4.69) is 20.5 Å². The number of thioether (sulfide) groups is 1. The van der Waals surface area contributed by atoms with Crippen molar-refractivity contribution in [3.05, 3.63) is 89.5 Å². The van der Waals surface area contributed by atoms with E-state index in [-0.39, 0.29) is 17.3 Å². The molecule has 4 aromatic rings. The van der Waals surface area contributed by atoms with Crippen LogP contribution in [0.15, 0.2) is 84.4 Å². The fourth-order valence-electron chi connectivity index (χ4n) is 2.77. The molecular weight excluding hydrogens is 416 g/mol. The molecule has 0 unspecified atom stereocenters. The van der Waals surface area contributed by atoms with Crippen LogP contribution < -0.4 is 5.32 Å². The molecule has 154 valence electrons. The topological polar surface area (TPSA) is 116 Å². The van der Waals surface area contributed by atoms with Crippen molar-refractivity contribution in [3.8, 4) is 16.9 Å². The highest BCUT2D eigenvalue weighted by Crippen LogP contribution is 2.22.